The maximum absolute atomic E-state index is 10.8. The van der Waals surface area contributed by atoms with E-state index in [4.69, 9.17) is 5.11 Å². The number of carbonyl (C=O) groups is 1. The Kier molecular flexibility index (Phi) is 4.88. The topological polar surface area (TPSA) is 55.1 Å². The minimum atomic E-state index is -0.820. The summed E-state index contributed by atoms with van der Waals surface area (Å²) < 4.78 is 2.16. The van der Waals surface area contributed by atoms with Gasteiger partial charge in [-0.2, -0.15) is 0 Å². The van der Waals surface area contributed by atoms with Crippen LogP contribution in [0.1, 0.15) is 30.5 Å². The van der Waals surface area contributed by atoms with Gasteiger partial charge in [0, 0.05) is 16.8 Å². The van der Waals surface area contributed by atoms with Crippen molar-refractivity contribution in [1.82, 2.24) is 9.55 Å². The highest BCUT2D eigenvalue weighted by Gasteiger charge is 2.23. The number of thiophene rings is 1. The number of aliphatic carboxylic acids is 1. The Morgan fingerprint density at radius 1 is 1.55 bits per heavy atom. The molecule has 1 unspecified atom stereocenters. The SMILES string of the molecule is Cc1cnc(SCC(=O)O)n1C(c1cccs1)C(C)C. The third kappa shape index (κ3) is 3.24. The molecule has 0 bridgehead atoms. The van der Waals surface area contributed by atoms with Gasteiger partial charge in [0.15, 0.2) is 5.16 Å². The standard InChI is InChI=1S/C14H18N2O2S2/c1-9(2)13(11-5-4-6-19-11)16-10(3)7-15-14(16)20-8-12(17)18/h4-7,9,13H,8H2,1-3H3,(H,17,18). The quantitative estimate of drug-likeness (QED) is 0.827. The van der Waals surface area contributed by atoms with Crippen molar-refractivity contribution in [3.8, 4) is 0 Å². The van der Waals surface area contributed by atoms with Crippen LogP contribution < -0.4 is 0 Å². The number of hydrogen-bond acceptors (Lipinski definition) is 4. The third-order valence-electron chi connectivity index (χ3n) is 3.02. The maximum Gasteiger partial charge on any atom is 0.313 e. The van der Waals surface area contributed by atoms with Gasteiger partial charge < -0.3 is 9.67 Å². The van der Waals surface area contributed by atoms with Crippen LogP contribution in [0.2, 0.25) is 0 Å². The summed E-state index contributed by atoms with van der Waals surface area (Å²) in [5.74, 6) is -0.378. The van der Waals surface area contributed by atoms with Crippen molar-refractivity contribution in [3.63, 3.8) is 0 Å². The van der Waals surface area contributed by atoms with Crippen LogP contribution in [0.25, 0.3) is 0 Å². The van der Waals surface area contributed by atoms with Crippen molar-refractivity contribution >= 4 is 29.1 Å². The Bertz CT molecular complexity index is 576. The van der Waals surface area contributed by atoms with E-state index >= 15 is 0 Å². The number of thioether (sulfide) groups is 1. The van der Waals surface area contributed by atoms with Gasteiger partial charge in [-0.25, -0.2) is 4.98 Å². The Labute approximate surface area is 126 Å². The van der Waals surface area contributed by atoms with Gasteiger partial charge in [0.2, 0.25) is 0 Å². The van der Waals surface area contributed by atoms with E-state index in [0.717, 1.165) is 10.9 Å². The van der Waals surface area contributed by atoms with E-state index in [1.54, 1.807) is 11.3 Å². The van der Waals surface area contributed by atoms with Gasteiger partial charge >= 0.3 is 5.97 Å². The fourth-order valence-corrected chi connectivity index (χ4v) is 3.97. The summed E-state index contributed by atoms with van der Waals surface area (Å²) >= 11 is 3.00. The average Bonchev–Trinajstić information content (AvgIpc) is 2.99. The molecule has 0 amide bonds. The highest BCUT2D eigenvalue weighted by molar-refractivity contribution is 7.99. The predicted octanol–water partition coefficient (Wildman–Crippen LogP) is 3.68. The highest BCUT2D eigenvalue weighted by atomic mass is 32.2. The molecule has 0 radical (unpaired) electrons. The van der Waals surface area contributed by atoms with E-state index < -0.39 is 5.97 Å². The lowest BCUT2D eigenvalue weighted by atomic mass is 10.0. The summed E-state index contributed by atoms with van der Waals surface area (Å²) in [6.45, 7) is 6.37. The Morgan fingerprint density at radius 2 is 2.30 bits per heavy atom. The summed E-state index contributed by atoms with van der Waals surface area (Å²) in [6, 6.07) is 4.38. The van der Waals surface area contributed by atoms with Crippen molar-refractivity contribution in [2.75, 3.05) is 5.75 Å². The number of carboxylic acids is 1. The zero-order chi connectivity index (χ0) is 14.7. The molecule has 2 heterocycles. The fraction of sp³-hybridized carbons (Fsp3) is 0.429. The number of carboxylic acid groups (broad SMARTS) is 1. The molecule has 0 spiro atoms. The van der Waals surface area contributed by atoms with Crippen LogP contribution in [0.5, 0.6) is 0 Å². The maximum atomic E-state index is 10.8. The average molecular weight is 310 g/mol. The molecule has 20 heavy (non-hydrogen) atoms. The van der Waals surface area contributed by atoms with Crippen molar-refractivity contribution in [1.29, 1.82) is 0 Å². The molecule has 0 saturated carbocycles. The monoisotopic (exact) mass is 310 g/mol. The van der Waals surface area contributed by atoms with Crippen LogP contribution in [0, 0.1) is 12.8 Å². The molecule has 2 aromatic heterocycles. The summed E-state index contributed by atoms with van der Waals surface area (Å²) in [5, 5.41) is 11.7. The predicted molar refractivity (Wildman–Crippen MR) is 82.6 cm³/mol. The smallest absolute Gasteiger partial charge is 0.313 e. The van der Waals surface area contributed by atoms with Crippen LogP contribution in [-0.2, 0) is 4.79 Å². The lowest BCUT2D eigenvalue weighted by molar-refractivity contribution is -0.133. The molecule has 4 nitrogen and oxygen atoms in total. The van der Waals surface area contributed by atoms with Crippen LogP contribution in [0.4, 0.5) is 0 Å². The molecular weight excluding hydrogens is 292 g/mol. The number of nitrogens with zero attached hydrogens (tertiary/aromatic N) is 2. The van der Waals surface area contributed by atoms with Gasteiger partial charge in [-0.3, -0.25) is 4.79 Å². The number of aryl methyl sites for hydroxylation is 1. The summed E-state index contributed by atoms with van der Waals surface area (Å²) in [4.78, 5) is 16.4. The van der Waals surface area contributed by atoms with Crippen LogP contribution in [0.15, 0.2) is 28.9 Å². The number of imidazole rings is 1. The normalized spacial score (nSPS) is 12.8. The van der Waals surface area contributed by atoms with Gasteiger partial charge in [0.1, 0.15) is 0 Å². The van der Waals surface area contributed by atoms with Crippen molar-refractivity contribution in [2.45, 2.75) is 32.0 Å². The van der Waals surface area contributed by atoms with E-state index in [0.29, 0.717) is 5.92 Å². The first kappa shape index (κ1) is 15.1. The zero-order valence-corrected chi connectivity index (χ0v) is 13.4. The minimum Gasteiger partial charge on any atom is -0.481 e. The van der Waals surface area contributed by atoms with Crippen molar-refractivity contribution in [3.05, 3.63) is 34.3 Å². The first-order valence-corrected chi connectivity index (χ1v) is 8.29. The molecule has 0 fully saturated rings. The second-order valence-corrected chi connectivity index (χ2v) is 6.86. The van der Waals surface area contributed by atoms with E-state index in [2.05, 4.69) is 34.8 Å². The lowest BCUT2D eigenvalue weighted by Crippen LogP contribution is -2.18. The molecule has 6 heteroatoms. The van der Waals surface area contributed by atoms with Crippen molar-refractivity contribution < 1.29 is 9.90 Å². The summed E-state index contributed by atoms with van der Waals surface area (Å²) in [5.41, 5.74) is 1.06. The summed E-state index contributed by atoms with van der Waals surface area (Å²) in [7, 11) is 0. The molecule has 0 aromatic carbocycles. The molecule has 0 aliphatic heterocycles. The number of hydrogen-bond donors (Lipinski definition) is 1. The largest absolute Gasteiger partial charge is 0.481 e. The fourth-order valence-electron chi connectivity index (χ4n) is 2.21. The molecule has 0 aliphatic rings. The van der Waals surface area contributed by atoms with Gasteiger partial charge in [-0.1, -0.05) is 31.7 Å². The van der Waals surface area contributed by atoms with Gasteiger partial charge in [0.05, 0.1) is 11.8 Å². The molecule has 108 valence electrons. The van der Waals surface area contributed by atoms with E-state index in [-0.39, 0.29) is 11.8 Å². The van der Waals surface area contributed by atoms with Gasteiger partial charge in [-0.15, -0.1) is 11.3 Å². The number of rotatable bonds is 6. The van der Waals surface area contributed by atoms with Crippen molar-refractivity contribution in [2.24, 2.45) is 5.92 Å². The molecule has 1 N–H and O–H groups in total. The Hall–Kier alpha value is -1.27. The molecule has 0 saturated heterocycles. The minimum absolute atomic E-state index is 0.0334. The highest BCUT2D eigenvalue weighted by Crippen LogP contribution is 2.34. The van der Waals surface area contributed by atoms with Crippen LogP contribution >= 0.6 is 23.1 Å². The summed E-state index contributed by atoms with van der Waals surface area (Å²) in [6.07, 6.45) is 1.81. The second-order valence-electron chi connectivity index (χ2n) is 4.94. The van der Waals surface area contributed by atoms with Gasteiger partial charge in [0.25, 0.3) is 0 Å². The first-order chi connectivity index (χ1) is 9.50. The second kappa shape index (κ2) is 6.45. The van der Waals surface area contributed by atoms with E-state index in [1.807, 2.05) is 19.2 Å². The Balaban J connectivity index is 2.38. The zero-order valence-electron chi connectivity index (χ0n) is 11.7. The molecule has 1 atom stereocenters. The van der Waals surface area contributed by atoms with E-state index in [1.165, 1.54) is 16.6 Å². The van der Waals surface area contributed by atoms with E-state index in [9.17, 15) is 4.79 Å². The number of aromatic nitrogens is 2. The molecule has 2 aromatic rings. The van der Waals surface area contributed by atoms with Gasteiger partial charge in [-0.05, 0) is 24.3 Å². The molecule has 2 rings (SSSR count). The first-order valence-electron chi connectivity index (χ1n) is 6.42. The third-order valence-corrected chi connectivity index (χ3v) is 4.91. The van der Waals surface area contributed by atoms with Crippen LogP contribution in [-0.4, -0.2) is 26.4 Å². The molecule has 0 aliphatic carbocycles. The molecular formula is C14H18N2O2S2. The Morgan fingerprint density at radius 3 is 2.85 bits per heavy atom. The van der Waals surface area contributed by atoms with Crippen LogP contribution in [0.3, 0.4) is 0 Å². The lowest BCUT2D eigenvalue weighted by Gasteiger charge is -2.24.